The van der Waals surface area contributed by atoms with E-state index >= 15 is 0 Å². The Morgan fingerprint density at radius 1 is 1.19 bits per heavy atom. The quantitative estimate of drug-likeness (QED) is 0.712. The maximum atomic E-state index is 12.7. The summed E-state index contributed by atoms with van der Waals surface area (Å²) in [4.78, 5) is 30.5. The first kappa shape index (κ1) is 24.9. The van der Waals surface area contributed by atoms with Crippen LogP contribution < -0.4 is 0 Å². The number of carbonyl (C=O) groups is 2. The number of aromatic nitrogens is 1. The summed E-state index contributed by atoms with van der Waals surface area (Å²) in [6.07, 6.45) is 0.417. The molecular weight excluding hydrogens is 451 g/mol. The van der Waals surface area contributed by atoms with Gasteiger partial charge in [-0.3, -0.25) is 9.69 Å². The van der Waals surface area contributed by atoms with Crippen molar-refractivity contribution >= 4 is 23.2 Å². The molecule has 0 radical (unpaired) electrons. The van der Waals surface area contributed by atoms with Crippen molar-refractivity contribution in [2.24, 2.45) is 5.92 Å². The lowest BCUT2D eigenvalue weighted by molar-refractivity contribution is -0.192. The Morgan fingerprint density at radius 2 is 1.84 bits per heavy atom. The fraction of sp³-hybridized carbons (Fsp3) is 0.750. The van der Waals surface area contributed by atoms with Gasteiger partial charge in [0.25, 0.3) is 0 Å². The van der Waals surface area contributed by atoms with Crippen LogP contribution in [0, 0.1) is 5.92 Å². The second kappa shape index (κ2) is 10.9. The maximum absolute atomic E-state index is 12.7. The van der Waals surface area contributed by atoms with Crippen molar-refractivity contribution in [2.45, 2.75) is 44.0 Å². The number of ether oxygens (including phenoxy) is 2. The van der Waals surface area contributed by atoms with Gasteiger partial charge in [-0.15, -0.1) is 11.3 Å². The Balaban J connectivity index is 0.000000360. The number of hydrogen-bond donors (Lipinski definition) is 1. The van der Waals surface area contributed by atoms with Crippen LogP contribution in [0.5, 0.6) is 0 Å². The number of carbonyl (C=O) groups excluding carboxylic acids is 1. The van der Waals surface area contributed by atoms with Gasteiger partial charge in [0.15, 0.2) is 0 Å². The fourth-order valence-electron chi connectivity index (χ4n) is 4.22. The summed E-state index contributed by atoms with van der Waals surface area (Å²) in [5.74, 6) is -2.27. The third kappa shape index (κ3) is 6.87. The molecule has 0 aliphatic carbocycles. The molecular formula is C20H28F3N3O5S. The van der Waals surface area contributed by atoms with Gasteiger partial charge in [-0.2, -0.15) is 13.2 Å². The zero-order valence-electron chi connectivity index (χ0n) is 17.7. The molecule has 1 amide bonds. The number of aliphatic carboxylic acids is 1. The van der Waals surface area contributed by atoms with Gasteiger partial charge in [0, 0.05) is 56.9 Å². The van der Waals surface area contributed by atoms with E-state index in [1.54, 1.807) is 11.3 Å². The molecule has 0 bridgehead atoms. The molecule has 0 atom stereocenters. The molecule has 180 valence electrons. The van der Waals surface area contributed by atoms with E-state index in [1.165, 1.54) is 5.01 Å². The fourth-order valence-corrected chi connectivity index (χ4v) is 4.88. The topological polar surface area (TPSA) is 92.2 Å². The highest BCUT2D eigenvalue weighted by atomic mass is 32.1. The molecule has 3 aliphatic heterocycles. The summed E-state index contributed by atoms with van der Waals surface area (Å²) in [6.45, 7) is 6.69. The Hall–Kier alpha value is -1.76. The maximum Gasteiger partial charge on any atom is 0.490 e. The van der Waals surface area contributed by atoms with Crippen molar-refractivity contribution in [3.63, 3.8) is 0 Å². The van der Waals surface area contributed by atoms with E-state index in [2.05, 4.69) is 14.8 Å². The summed E-state index contributed by atoms with van der Waals surface area (Å²) in [5.41, 5.74) is -0.0814. The van der Waals surface area contributed by atoms with Crippen LogP contribution in [-0.4, -0.2) is 89.5 Å². The SMILES string of the molecule is O=C(C1CCOCC1)N1CCC2(CC1)CN(Cc1nccs1)CCO2.O=C(O)C(F)(F)F. The summed E-state index contributed by atoms with van der Waals surface area (Å²) in [7, 11) is 0. The van der Waals surface area contributed by atoms with Gasteiger partial charge in [-0.05, 0) is 25.7 Å². The largest absolute Gasteiger partial charge is 0.490 e. The van der Waals surface area contributed by atoms with E-state index in [-0.39, 0.29) is 11.5 Å². The first-order valence-corrected chi connectivity index (χ1v) is 11.5. The highest BCUT2D eigenvalue weighted by Crippen LogP contribution is 2.32. The number of morpholine rings is 1. The number of amides is 1. The predicted molar refractivity (Wildman–Crippen MR) is 109 cm³/mol. The summed E-state index contributed by atoms with van der Waals surface area (Å²) < 4.78 is 43.3. The van der Waals surface area contributed by atoms with Crippen LogP contribution in [0.25, 0.3) is 0 Å². The number of thiazole rings is 1. The molecule has 12 heteroatoms. The third-order valence-electron chi connectivity index (χ3n) is 5.97. The molecule has 1 spiro atoms. The van der Waals surface area contributed by atoms with Crippen LogP contribution in [0.1, 0.15) is 30.7 Å². The minimum absolute atomic E-state index is 0.0814. The number of nitrogens with zero attached hydrogens (tertiary/aromatic N) is 3. The molecule has 3 saturated heterocycles. The van der Waals surface area contributed by atoms with Gasteiger partial charge in [-0.1, -0.05) is 0 Å². The Kier molecular flexibility index (Phi) is 8.48. The molecule has 3 aliphatic rings. The Morgan fingerprint density at radius 3 is 2.41 bits per heavy atom. The number of carboxylic acid groups (broad SMARTS) is 1. The first-order valence-electron chi connectivity index (χ1n) is 10.6. The number of alkyl halides is 3. The van der Waals surface area contributed by atoms with Crippen molar-refractivity contribution in [1.29, 1.82) is 0 Å². The molecule has 4 heterocycles. The smallest absolute Gasteiger partial charge is 0.475 e. The molecule has 1 N–H and O–H groups in total. The molecule has 1 aromatic heterocycles. The highest BCUT2D eigenvalue weighted by Gasteiger charge is 2.41. The molecule has 1 aromatic rings. The predicted octanol–water partition coefficient (Wildman–Crippen LogP) is 2.40. The molecule has 0 saturated carbocycles. The average molecular weight is 480 g/mol. The summed E-state index contributed by atoms with van der Waals surface area (Å²) >= 11 is 1.72. The Bertz CT molecular complexity index is 748. The van der Waals surface area contributed by atoms with E-state index < -0.39 is 12.1 Å². The van der Waals surface area contributed by atoms with Gasteiger partial charge in [0.2, 0.25) is 5.91 Å². The third-order valence-corrected chi connectivity index (χ3v) is 6.73. The van der Waals surface area contributed by atoms with E-state index in [9.17, 15) is 18.0 Å². The van der Waals surface area contributed by atoms with Crippen molar-refractivity contribution in [3.8, 4) is 0 Å². The zero-order valence-corrected chi connectivity index (χ0v) is 18.5. The number of carboxylic acids is 1. The normalized spacial score (nSPS) is 22.3. The van der Waals surface area contributed by atoms with Crippen molar-refractivity contribution in [2.75, 3.05) is 46.0 Å². The van der Waals surface area contributed by atoms with Gasteiger partial charge >= 0.3 is 12.1 Å². The first-order chi connectivity index (χ1) is 15.2. The van der Waals surface area contributed by atoms with Gasteiger partial charge in [-0.25, -0.2) is 9.78 Å². The lowest BCUT2D eigenvalue weighted by atomic mass is 9.88. The van der Waals surface area contributed by atoms with Crippen LogP contribution in [0.15, 0.2) is 11.6 Å². The van der Waals surface area contributed by atoms with E-state index in [4.69, 9.17) is 19.4 Å². The summed E-state index contributed by atoms with van der Waals surface area (Å²) in [5, 5.41) is 10.3. The molecule has 0 aromatic carbocycles. The molecule has 3 fully saturated rings. The second-order valence-electron chi connectivity index (χ2n) is 8.18. The van der Waals surface area contributed by atoms with Crippen molar-refractivity contribution in [1.82, 2.24) is 14.8 Å². The molecule has 0 unspecified atom stereocenters. The number of hydrogen-bond acceptors (Lipinski definition) is 7. The zero-order chi connectivity index (χ0) is 23.2. The minimum Gasteiger partial charge on any atom is -0.475 e. The van der Waals surface area contributed by atoms with E-state index in [0.29, 0.717) is 5.91 Å². The number of halogens is 3. The number of rotatable bonds is 3. The van der Waals surface area contributed by atoms with E-state index in [1.807, 2.05) is 11.6 Å². The van der Waals surface area contributed by atoms with Crippen LogP contribution in [0.2, 0.25) is 0 Å². The van der Waals surface area contributed by atoms with Gasteiger partial charge in [0.1, 0.15) is 5.01 Å². The second-order valence-corrected chi connectivity index (χ2v) is 9.16. The van der Waals surface area contributed by atoms with Crippen LogP contribution in [0.4, 0.5) is 13.2 Å². The molecule has 32 heavy (non-hydrogen) atoms. The van der Waals surface area contributed by atoms with Crippen molar-refractivity contribution < 1.29 is 37.3 Å². The number of piperidine rings is 1. The van der Waals surface area contributed by atoms with Crippen LogP contribution >= 0.6 is 11.3 Å². The lowest BCUT2D eigenvalue weighted by Crippen LogP contribution is -2.57. The lowest BCUT2D eigenvalue weighted by Gasteiger charge is -2.47. The van der Waals surface area contributed by atoms with Gasteiger partial charge in [0.05, 0.1) is 18.8 Å². The van der Waals surface area contributed by atoms with E-state index in [0.717, 1.165) is 78.2 Å². The minimum atomic E-state index is -5.08. The van der Waals surface area contributed by atoms with Crippen molar-refractivity contribution in [3.05, 3.63) is 16.6 Å². The summed E-state index contributed by atoms with van der Waals surface area (Å²) in [6, 6.07) is 0. The standard InChI is InChI=1S/C18H27N3O3S.C2HF3O2/c22-17(15-1-9-23-10-2-15)21-6-3-18(4-7-21)14-20(8-11-24-18)13-16-19-5-12-25-16;3-2(4,5)1(6)7/h5,12,15H,1-4,6-11,13-14H2;(H,6,7). The highest BCUT2D eigenvalue weighted by molar-refractivity contribution is 7.09. The van der Waals surface area contributed by atoms with Gasteiger partial charge < -0.3 is 19.5 Å². The number of likely N-dealkylation sites (tertiary alicyclic amines) is 1. The average Bonchev–Trinajstić information content (AvgIpc) is 3.27. The van der Waals surface area contributed by atoms with Crippen LogP contribution in [-0.2, 0) is 25.6 Å². The Labute approximate surface area is 188 Å². The molecule has 4 rings (SSSR count). The monoisotopic (exact) mass is 479 g/mol. The van der Waals surface area contributed by atoms with Crippen LogP contribution in [0.3, 0.4) is 0 Å². The molecule has 8 nitrogen and oxygen atoms in total.